The molecule has 4 fully saturated rings. The summed E-state index contributed by atoms with van der Waals surface area (Å²) in [6.07, 6.45) is 8.46. The number of hydrogen-bond acceptors (Lipinski definition) is 6. The summed E-state index contributed by atoms with van der Waals surface area (Å²) in [6.45, 7) is 8.31. The number of fused-ring (bicyclic) bond motifs is 8. The van der Waals surface area contributed by atoms with Crippen molar-refractivity contribution in [2.24, 2.45) is 40.4 Å². The maximum absolute atomic E-state index is 13.3. The lowest BCUT2D eigenvalue weighted by Gasteiger charge is -2.60. The SMILES string of the molecule is CC1=C(CO)C(=O)O[C@@H]([C@@H](C)[C@H]2CC[C@H]3[C@@H]4[C@@H]5O[C@@H]5[C@@]5(O)CC=CC(=O)[C@]5(C)[C@H]4CC[C@]23C)C1. The number of carbonyl (C=O) groups is 2. The Bertz CT molecular complexity index is 999. The predicted octanol–water partition coefficient (Wildman–Crippen LogP) is 3.35. The molecule has 11 atom stereocenters. The van der Waals surface area contributed by atoms with Gasteiger partial charge >= 0.3 is 5.97 Å². The second-order valence-electron chi connectivity index (χ2n) is 12.6. The van der Waals surface area contributed by atoms with Crippen LogP contribution in [0.3, 0.4) is 0 Å². The number of ketones is 1. The number of allylic oxidation sites excluding steroid dienone is 1. The standard InChI is InChI=1S/C28H38O6/c1-14-12-20(33-25(31)16(14)13-29)15(2)17-7-8-18-22-19(9-11-26(17,18)3)27(4)21(30)6-5-10-28(27,32)24-23(22)34-24/h5-6,15,17-20,22-24,29,32H,7-13H2,1-4H3/t15-,17+,18-,19-,20+,22-,23-,24-,26+,27-,28-/m0/s1. The van der Waals surface area contributed by atoms with E-state index in [1.807, 2.05) is 19.9 Å². The molecule has 6 nitrogen and oxygen atoms in total. The highest BCUT2D eigenvalue weighted by atomic mass is 16.6. The molecule has 0 amide bonds. The molecule has 2 heterocycles. The molecular weight excluding hydrogens is 432 g/mol. The van der Waals surface area contributed by atoms with Crippen molar-refractivity contribution in [3.63, 3.8) is 0 Å². The van der Waals surface area contributed by atoms with Crippen LogP contribution in [0.2, 0.25) is 0 Å². The normalized spacial score (nSPS) is 52.4. The van der Waals surface area contributed by atoms with Gasteiger partial charge in [0.15, 0.2) is 5.78 Å². The van der Waals surface area contributed by atoms with Gasteiger partial charge in [0.05, 0.1) is 23.7 Å². The Hall–Kier alpha value is -1.50. The van der Waals surface area contributed by atoms with Crippen LogP contribution < -0.4 is 0 Å². The zero-order valence-corrected chi connectivity index (χ0v) is 20.8. The Labute approximate surface area is 201 Å². The smallest absolute Gasteiger partial charge is 0.336 e. The average Bonchev–Trinajstić information content (AvgIpc) is 3.52. The highest BCUT2D eigenvalue weighted by Crippen LogP contribution is 2.71. The Balaban J connectivity index is 1.29. The van der Waals surface area contributed by atoms with Crippen molar-refractivity contribution >= 4 is 11.8 Å². The van der Waals surface area contributed by atoms with Crippen LogP contribution >= 0.6 is 0 Å². The summed E-state index contributed by atoms with van der Waals surface area (Å²) in [4.78, 5) is 25.7. The lowest BCUT2D eigenvalue weighted by Crippen LogP contribution is -2.67. The monoisotopic (exact) mass is 470 g/mol. The van der Waals surface area contributed by atoms with E-state index in [1.165, 1.54) is 0 Å². The third-order valence-electron chi connectivity index (χ3n) is 11.5. The molecule has 6 rings (SSSR count). The fourth-order valence-corrected chi connectivity index (χ4v) is 9.49. The van der Waals surface area contributed by atoms with Gasteiger partial charge in [0.1, 0.15) is 17.8 Å². The summed E-state index contributed by atoms with van der Waals surface area (Å²) < 4.78 is 12.1. The Morgan fingerprint density at radius 2 is 1.94 bits per heavy atom. The molecule has 0 aromatic carbocycles. The number of aliphatic hydroxyl groups is 2. The maximum Gasteiger partial charge on any atom is 0.336 e. The number of hydrogen-bond donors (Lipinski definition) is 2. The van der Waals surface area contributed by atoms with Crippen molar-refractivity contribution in [2.75, 3.05) is 6.61 Å². The molecule has 0 aromatic rings. The van der Waals surface area contributed by atoms with Gasteiger partial charge in [0.2, 0.25) is 0 Å². The van der Waals surface area contributed by atoms with Gasteiger partial charge in [-0.2, -0.15) is 0 Å². The minimum atomic E-state index is -1.09. The van der Waals surface area contributed by atoms with Gasteiger partial charge in [-0.25, -0.2) is 4.79 Å². The second kappa shape index (κ2) is 7.27. The highest BCUT2D eigenvalue weighted by Gasteiger charge is 2.77. The van der Waals surface area contributed by atoms with E-state index in [-0.39, 0.29) is 53.9 Å². The van der Waals surface area contributed by atoms with E-state index in [9.17, 15) is 19.8 Å². The van der Waals surface area contributed by atoms with Crippen molar-refractivity contribution in [1.29, 1.82) is 0 Å². The number of esters is 1. The molecule has 2 aliphatic heterocycles. The minimum absolute atomic E-state index is 0.0471. The third-order valence-corrected chi connectivity index (χ3v) is 11.5. The van der Waals surface area contributed by atoms with Crippen LogP contribution in [-0.4, -0.2) is 52.5 Å². The van der Waals surface area contributed by atoms with E-state index in [2.05, 4.69) is 13.8 Å². The van der Waals surface area contributed by atoms with Gasteiger partial charge < -0.3 is 19.7 Å². The first-order chi connectivity index (χ1) is 16.1. The van der Waals surface area contributed by atoms with Gasteiger partial charge in [-0.05, 0) is 87.0 Å². The summed E-state index contributed by atoms with van der Waals surface area (Å²) >= 11 is 0. The van der Waals surface area contributed by atoms with Crippen LogP contribution in [0.5, 0.6) is 0 Å². The molecule has 3 saturated carbocycles. The summed E-state index contributed by atoms with van der Waals surface area (Å²) in [5.41, 5.74) is -0.426. The van der Waals surface area contributed by atoms with Gasteiger partial charge in [-0.3, -0.25) is 4.79 Å². The zero-order chi connectivity index (χ0) is 24.2. The van der Waals surface area contributed by atoms with Crippen LogP contribution in [-0.2, 0) is 19.1 Å². The molecule has 6 heteroatoms. The number of rotatable bonds is 3. The van der Waals surface area contributed by atoms with Crippen molar-refractivity contribution in [3.8, 4) is 0 Å². The first-order valence-electron chi connectivity index (χ1n) is 13.2. The molecule has 1 saturated heterocycles. The predicted molar refractivity (Wildman–Crippen MR) is 124 cm³/mol. The lowest BCUT2D eigenvalue weighted by atomic mass is 9.43. The molecular formula is C28H38O6. The molecule has 34 heavy (non-hydrogen) atoms. The molecule has 0 spiro atoms. The number of epoxide rings is 1. The summed E-state index contributed by atoms with van der Waals surface area (Å²) in [7, 11) is 0. The summed E-state index contributed by atoms with van der Waals surface area (Å²) in [6, 6.07) is 0. The average molecular weight is 471 g/mol. The minimum Gasteiger partial charge on any atom is -0.458 e. The molecule has 6 aliphatic rings. The molecule has 0 bridgehead atoms. The summed E-state index contributed by atoms with van der Waals surface area (Å²) in [5.74, 6) is 1.20. The Morgan fingerprint density at radius 1 is 1.18 bits per heavy atom. The first kappa shape index (κ1) is 22.9. The molecule has 186 valence electrons. The largest absolute Gasteiger partial charge is 0.458 e. The van der Waals surface area contributed by atoms with Crippen LogP contribution in [0, 0.1) is 40.4 Å². The van der Waals surface area contributed by atoms with Crippen molar-refractivity contribution in [3.05, 3.63) is 23.3 Å². The number of carbonyl (C=O) groups excluding carboxylic acids is 2. The van der Waals surface area contributed by atoms with Crippen LogP contribution in [0.4, 0.5) is 0 Å². The Kier molecular flexibility index (Phi) is 4.90. The fraction of sp³-hybridized carbons (Fsp3) is 0.786. The molecule has 0 aromatic heterocycles. The molecule has 0 unspecified atom stereocenters. The van der Waals surface area contributed by atoms with Gasteiger partial charge in [0, 0.05) is 6.42 Å². The fourth-order valence-electron chi connectivity index (χ4n) is 9.49. The van der Waals surface area contributed by atoms with Crippen molar-refractivity contribution < 1.29 is 29.3 Å². The zero-order valence-electron chi connectivity index (χ0n) is 20.8. The van der Waals surface area contributed by atoms with Crippen LogP contribution in [0.15, 0.2) is 23.3 Å². The number of ether oxygens (including phenoxy) is 2. The quantitative estimate of drug-likeness (QED) is 0.485. The van der Waals surface area contributed by atoms with E-state index in [1.54, 1.807) is 6.08 Å². The van der Waals surface area contributed by atoms with E-state index in [0.717, 1.165) is 31.3 Å². The third kappa shape index (κ3) is 2.68. The topological polar surface area (TPSA) is 96.4 Å². The highest BCUT2D eigenvalue weighted by molar-refractivity contribution is 5.97. The van der Waals surface area contributed by atoms with Crippen molar-refractivity contribution in [2.45, 2.75) is 90.1 Å². The number of cyclic esters (lactones) is 1. The van der Waals surface area contributed by atoms with Crippen LogP contribution in [0.25, 0.3) is 0 Å². The Morgan fingerprint density at radius 3 is 2.65 bits per heavy atom. The van der Waals surface area contributed by atoms with Crippen LogP contribution in [0.1, 0.15) is 66.2 Å². The first-order valence-corrected chi connectivity index (χ1v) is 13.2. The van der Waals surface area contributed by atoms with Gasteiger partial charge in [-0.15, -0.1) is 0 Å². The van der Waals surface area contributed by atoms with E-state index in [0.29, 0.717) is 36.2 Å². The van der Waals surface area contributed by atoms with E-state index < -0.39 is 11.0 Å². The second-order valence-corrected chi connectivity index (χ2v) is 12.6. The van der Waals surface area contributed by atoms with E-state index in [4.69, 9.17) is 9.47 Å². The van der Waals surface area contributed by atoms with E-state index >= 15 is 0 Å². The van der Waals surface area contributed by atoms with Gasteiger partial charge in [-0.1, -0.05) is 25.5 Å². The van der Waals surface area contributed by atoms with Gasteiger partial charge in [0.25, 0.3) is 0 Å². The maximum atomic E-state index is 13.3. The summed E-state index contributed by atoms with van der Waals surface area (Å²) in [5, 5.41) is 21.2. The lowest BCUT2D eigenvalue weighted by molar-refractivity contribution is -0.182. The molecule has 0 radical (unpaired) electrons. The molecule has 4 aliphatic carbocycles. The van der Waals surface area contributed by atoms with Crippen molar-refractivity contribution in [1.82, 2.24) is 0 Å². The number of aliphatic hydroxyl groups excluding tert-OH is 1. The molecule has 2 N–H and O–H groups in total.